The molecule has 2 aromatic heterocycles. The molecule has 23 heavy (non-hydrogen) atoms. The lowest BCUT2D eigenvalue weighted by molar-refractivity contribution is -0.121. The van der Waals surface area contributed by atoms with E-state index < -0.39 is 0 Å². The highest BCUT2D eigenvalue weighted by molar-refractivity contribution is 5.83. The van der Waals surface area contributed by atoms with Gasteiger partial charge in [0, 0.05) is 24.4 Å². The van der Waals surface area contributed by atoms with Crippen LogP contribution < -0.4 is 10.1 Å². The van der Waals surface area contributed by atoms with E-state index in [0.717, 1.165) is 16.5 Å². The summed E-state index contributed by atoms with van der Waals surface area (Å²) in [5.41, 5.74) is 1.82. The highest BCUT2D eigenvalue weighted by atomic mass is 16.5. The van der Waals surface area contributed by atoms with E-state index in [2.05, 4.69) is 20.4 Å². The molecule has 118 valence electrons. The molecule has 0 radical (unpaired) electrons. The van der Waals surface area contributed by atoms with Crippen molar-refractivity contribution in [1.82, 2.24) is 25.1 Å². The summed E-state index contributed by atoms with van der Waals surface area (Å²) in [7, 11) is 1.58. The Labute approximate surface area is 133 Å². The number of aromatic nitrogens is 4. The van der Waals surface area contributed by atoms with Gasteiger partial charge in [0.1, 0.15) is 12.7 Å². The lowest BCUT2D eigenvalue weighted by Crippen LogP contribution is -2.24. The minimum atomic E-state index is -0.0413. The summed E-state index contributed by atoms with van der Waals surface area (Å²) in [5.74, 6) is 0.496. The number of fused-ring (bicyclic) bond motifs is 1. The molecule has 0 unspecified atom stereocenters. The zero-order valence-electron chi connectivity index (χ0n) is 12.8. The first-order valence-corrected chi connectivity index (χ1v) is 7.28. The molecule has 0 saturated heterocycles. The Bertz CT molecular complexity index is 801. The molecule has 1 N–H and O–H groups in total. The Morgan fingerprint density at radius 2 is 2.22 bits per heavy atom. The monoisotopic (exact) mass is 311 g/mol. The van der Waals surface area contributed by atoms with Crippen LogP contribution in [0.25, 0.3) is 10.9 Å². The lowest BCUT2D eigenvalue weighted by atomic mass is 10.1. The molecular formula is C16H17N5O2. The van der Waals surface area contributed by atoms with Gasteiger partial charge in [0.15, 0.2) is 0 Å². The van der Waals surface area contributed by atoms with E-state index in [1.54, 1.807) is 18.1 Å². The van der Waals surface area contributed by atoms with E-state index in [0.29, 0.717) is 25.4 Å². The normalized spacial score (nSPS) is 10.7. The predicted octanol–water partition coefficient (Wildman–Crippen LogP) is 1.54. The van der Waals surface area contributed by atoms with Gasteiger partial charge in [-0.15, -0.1) is 0 Å². The van der Waals surface area contributed by atoms with E-state index in [1.165, 1.54) is 6.33 Å². The van der Waals surface area contributed by atoms with Crippen LogP contribution in [0.15, 0.2) is 43.0 Å². The summed E-state index contributed by atoms with van der Waals surface area (Å²) in [5, 5.41) is 7.90. The quantitative estimate of drug-likeness (QED) is 0.747. The zero-order chi connectivity index (χ0) is 16.1. The van der Waals surface area contributed by atoms with E-state index in [4.69, 9.17) is 4.74 Å². The maximum atomic E-state index is 12.0. The summed E-state index contributed by atoms with van der Waals surface area (Å²) in [4.78, 5) is 20.2. The summed E-state index contributed by atoms with van der Waals surface area (Å²) in [6.07, 6.45) is 3.39. The second kappa shape index (κ2) is 6.87. The number of benzene rings is 1. The molecule has 3 aromatic rings. The third-order valence-corrected chi connectivity index (χ3v) is 3.50. The summed E-state index contributed by atoms with van der Waals surface area (Å²) >= 11 is 0. The van der Waals surface area contributed by atoms with Gasteiger partial charge in [0.05, 0.1) is 19.2 Å². The number of amides is 1. The fraction of sp³-hybridized carbons (Fsp3) is 0.250. The fourth-order valence-electron chi connectivity index (χ4n) is 2.32. The van der Waals surface area contributed by atoms with Gasteiger partial charge in [0.2, 0.25) is 11.8 Å². The number of carbonyl (C=O) groups is 1. The molecule has 0 fully saturated rings. The van der Waals surface area contributed by atoms with Crippen LogP contribution in [0.3, 0.4) is 0 Å². The van der Waals surface area contributed by atoms with E-state index in [-0.39, 0.29) is 5.91 Å². The second-order valence-electron chi connectivity index (χ2n) is 5.03. The van der Waals surface area contributed by atoms with E-state index in [1.807, 2.05) is 30.3 Å². The number of nitrogens with zero attached hydrogens (tertiary/aromatic N) is 4. The van der Waals surface area contributed by atoms with Gasteiger partial charge in [-0.25, -0.2) is 9.97 Å². The van der Waals surface area contributed by atoms with E-state index in [9.17, 15) is 4.79 Å². The first-order valence-electron chi connectivity index (χ1n) is 7.28. The highest BCUT2D eigenvalue weighted by Crippen LogP contribution is 2.21. The number of methoxy groups -OCH3 is 1. The van der Waals surface area contributed by atoms with Gasteiger partial charge < -0.3 is 10.1 Å². The van der Waals surface area contributed by atoms with Crippen LogP contribution in [0.4, 0.5) is 0 Å². The molecule has 1 aromatic carbocycles. The minimum Gasteiger partial charge on any atom is -0.481 e. The third kappa shape index (κ3) is 3.63. The van der Waals surface area contributed by atoms with Gasteiger partial charge in [-0.2, -0.15) is 5.10 Å². The average Bonchev–Trinajstić information content (AvgIpc) is 3.11. The van der Waals surface area contributed by atoms with Crippen LogP contribution in [-0.4, -0.2) is 32.8 Å². The number of pyridine rings is 1. The Morgan fingerprint density at radius 3 is 3.00 bits per heavy atom. The van der Waals surface area contributed by atoms with Crippen LogP contribution in [0.5, 0.6) is 5.88 Å². The number of aryl methyl sites for hydroxylation is 1. The standard InChI is InChI=1S/C16H17N5O2/c1-23-16-8-12(13-4-2-3-5-14(13)20-16)9-18-15(22)6-7-21-11-17-10-19-21/h2-5,8,10-11H,6-7,9H2,1H3,(H,18,22). The van der Waals surface area contributed by atoms with Crippen LogP contribution in [-0.2, 0) is 17.9 Å². The van der Waals surface area contributed by atoms with Crippen molar-refractivity contribution in [2.75, 3.05) is 7.11 Å². The molecule has 0 saturated carbocycles. The van der Waals surface area contributed by atoms with Crippen LogP contribution in [0, 0.1) is 0 Å². The van der Waals surface area contributed by atoms with Crippen LogP contribution in [0.2, 0.25) is 0 Å². The number of rotatable bonds is 6. The Morgan fingerprint density at radius 1 is 1.35 bits per heavy atom. The Balaban J connectivity index is 1.67. The number of hydrogen-bond donors (Lipinski definition) is 1. The number of nitrogens with one attached hydrogen (secondary N) is 1. The van der Waals surface area contributed by atoms with Gasteiger partial charge >= 0.3 is 0 Å². The van der Waals surface area contributed by atoms with Crippen molar-refractivity contribution in [3.8, 4) is 5.88 Å². The minimum absolute atomic E-state index is 0.0413. The van der Waals surface area contributed by atoms with Crippen molar-refractivity contribution in [1.29, 1.82) is 0 Å². The van der Waals surface area contributed by atoms with Crippen molar-refractivity contribution in [2.45, 2.75) is 19.5 Å². The van der Waals surface area contributed by atoms with Crippen molar-refractivity contribution >= 4 is 16.8 Å². The van der Waals surface area contributed by atoms with Crippen molar-refractivity contribution in [2.24, 2.45) is 0 Å². The SMILES string of the molecule is COc1cc(CNC(=O)CCn2cncn2)c2ccccc2n1. The number of para-hydroxylation sites is 1. The molecule has 0 aliphatic carbocycles. The van der Waals surface area contributed by atoms with Gasteiger partial charge in [-0.1, -0.05) is 18.2 Å². The topological polar surface area (TPSA) is 81.9 Å². The zero-order valence-corrected chi connectivity index (χ0v) is 12.8. The molecule has 0 atom stereocenters. The number of ether oxygens (including phenoxy) is 1. The molecule has 0 aliphatic rings. The molecule has 0 aliphatic heterocycles. The van der Waals surface area contributed by atoms with Crippen LogP contribution in [0.1, 0.15) is 12.0 Å². The Hall–Kier alpha value is -2.96. The largest absolute Gasteiger partial charge is 0.481 e. The van der Waals surface area contributed by atoms with Crippen molar-refractivity contribution in [3.63, 3.8) is 0 Å². The fourth-order valence-corrected chi connectivity index (χ4v) is 2.32. The van der Waals surface area contributed by atoms with E-state index >= 15 is 0 Å². The molecule has 7 nitrogen and oxygen atoms in total. The smallest absolute Gasteiger partial charge is 0.222 e. The van der Waals surface area contributed by atoms with Gasteiger partial charge in [-0.3, -0.25) is 9.48 Å². The first kappa shape index (κ1) is 15.0. The van der Waals surface area contributed by atoms with Crippen molar-refractivity contribution in [3.05, 3.63) is 48.5 Å². The summed E-state index contributed by atoms with van der Waals surface area (Å²) < 4.78 is 6.85. The molecular weight excluding hydrogens is 294 g/mol. The number of carbonyl (C=O) groups excluding carboxylic acids is 1. The number of hydrogen-bond acceptors (Lipinski definition) is 5. The maximum Gasteiger partial charge on any atom is 0.222 e. The first-order chi connectivity index (χ1) is 11.3. The highest BCUT2D eigenvalue weighted by Gasteiger charge is 2.08. The molecule has 1 amide bonds. The third-order valence-electron chi connectivity index (χ3n) is 3.50. The summed E-state index contributed by atoms with van der Waals surface area (Å²) in [6, 6.07) is 9.63. The molecule has 0 bridgehead atoms. The Kier molecular flexibility index (Phi) is 4.46. The van der Waals surface area contributed by atoms with Crippen molar-refractivity contribution < 1.29 is 9.53 Å². The maximum absolute atomic E-state index is 12.0. The van der Waals surface area contributed by atoms with Gasteiger partial charge in [-0.05, 0) is 11.6 Å². The molecule has 2 heterocycles. The average molecular weight is 311 g/mol. The molecule has 3 rings (SSSR count). The van der Waals surface area contributed by atoms with Gasteiger partial charge in [0.25, 0.3) is 0 Å². The molecule has 7 heteroatoms. The second-order valence-corrected chi connectivity index (χ2v) is 5.03. The molecule has 0 spiro atoms. The van der Waals surface area contributed by atoms with Crippen LogP contribution >= 0.6 is 0 Å². The lowest BCUT2D eigenvalue weighted by Gasteiger charge is -2.10. The summed E-state index contributed by atoms with van der Waals surface area (Å²) in [6.45, 7) is 0.932. The predicted molar refractivity (Wildman–Crippen MR) is 84.8 cm³/mol.